The maximum absolute atomic E-state index is 13.2. The molecule has 0 radical (unpaired) electrons. The highest BCUT2D eigenvalue weighted by Gasteiger charge is 2.34. The first-order valence-corrected chi connectivity index (χ1v) is 10.2. The van der Waals surface area contributed by atoms with E-state index in [-0.39, 0.29) is 10.7 Å². The van der Waals surface area contributed by atoms with Crippen molar-refractivity contribution in [3.63, 3.8) is 0 Å². The lowest BCUT2D eigenvalue weighted by Crippen LogP contribution is -2.22. The molecule has 3 rings (SSSR count). The lowest BCUT2D eigenvalue weighted by molar-refractivity contribution is -0.114. The Hall–Kier alpha value is -2.20. The Kier molecular flexibility index (Phi) is 5.49. The molecule has 0 heterocycles. The second-order valence-corrected chi connectivity index (χ2v) is 8.45. The van der Waals surface area contributed by atoms with Crippen molar-refractivity contribution in [1.82, 2.24) is 0 Å². The minimum atomic E-state index is -3.80. The summed E-state index contributed by atoms with van der Waals surface area (Å²) in [5.41, 5.74) is 1.59. The van der Waals surface area contributed by atoms with Crippen LogP contribution in [0.15, 0.2) is 77.2 Å². The molecule has 130 valence electrons. The van der Waals surface area contributed by atoms with Gasteiger partial charge < -0.3 is 0 Å². The van der Waals surface area contributed by atoms with Gasteiger partial charge in [-0.3, -0.25) is 4.79 Å². The highest BCUT2D eigenvalue weighted by molar-refractivity contribution is 7.92. The third-order valence-electron chi connectivity index (χ3n) is 4.58. The summed E-state index contributed by atoms with van der Waals surface area (Å²) in [4.78, 5) is 13.2. The van der Waals surface area contributed by atoms with E-state index in [4.69, 9.17) is 0 Å². The Morgan fingerprint density at radius 3 is 2.00 bits per heavy atom. The van der Waals surface area contributed by atoms with Crippen molar-refractivity contribution in [2.24, 2.45) is 0 Å². The topological polar surface area (TPSA) is 51.2 Å². The number of hydrogen-bond acceptors (Lipinski definition) is 3. The monoisotopic (exact) mass is 354 g/mol. The van der Waals surface area contributed by atoms with Crippen molar-refractivity contribution in [3.05, 3.63) is 77.9 Å². The fourth-order valence-electron chi connectivity index (χ4n) is 3.30. The SMILES string of the molecule is O=C(C=C1CCCCC1)C(c1ccccc1)S(=O)(=O)c1ccccc1. The van der Waals surface area contributed by atoms with Gasteiger partial charge in [-0.15, -0.1) is 0 Å². The summed E-state index contributed by atoms with van der Waals surface area (Å²) < 4.78 is 26.3. The summed E-state index contributed by atoms with van der Waals surface area (Å²) in [5, 5.41) is -1.19. The van der Waals surface area contributed by atoms with Crippen molar-refractivity contribution in [2.75, 3.05) is 0 Å². The highest BCUT2D eigenvalue weighted by Crippen LogP contribution is 2.32. The lowest BCUT2D eigenvalue weighted by Gasteiger charge is -2.18. The molecule has 0 aromatic heterocycles. The van der Waals surface area contributed by atoms with Gasteiger partial charge in [-0.1, -0.05) is 60.5 Å². The molecule has 0 bridgehead atoms. The fourth-order valence-corrected chi connectivity index (χ4v) is 5.00. The van der Waals surface area contributed by atoms with Crippen LogP contribution in [-0.2, 0) is 14.6 Å². The number of sulfone groups is 1. The van der Waals surface area contributed by atoms with E-state index in [9.17, 15) is 13.2 Å². The molecule has 0 spiro atoms. The first-order valence-electron chi connectivity index (χ1n) is 8.66. The van der Waals surface area contributed by atoms with Crippen molar-refractivity contribution in [3.8, 4) is 0 Å². The fraction of sp³-hybridized carbons (Fsp3) is 0.286. The molecular weight excluding hydrogens is 332 g/mol. The van der Waals surface area contributed by atoms with Gasteiger partial charge in [-0.25, -0.2) is 8.42 Å². The average Bonchev–Trinajstić information content (AvgIpc) is 2.64. The molecule has 1 fully saturated rings. The van der Waals surface area contributed by atoms with E-state index in [0.717, 1.165) is 31.3 Å². The Labute approximate surface area is 149 Å². The van der Waals surface area contributed by atoms with Crippen LogP contribution in [0.1, 0.15) is 42.9 Å². The number of carbonyl (C=O) groups is 1. The minimum Gasteiger partial charge on any atom is -0.293 e. The Morgan fingerprint density at radius 2 is 1.40 bits per heavy atom. The number of carbonyl (C=O) groups excluding carboxylic acids is 1. The third kappa shape index (κ3) is 4.07. The summed E-state index contributed by atoms with van der Waals surface area (Å²) in [5.74, 6) is -0.341. The van der Waals surface area contributed by atoms with Gasteiger partial charge in [0.05, 0.1) is 4.90 Å². The quantitative estimate of drug-likeness (QED) is 0.734. The molecule has 0 saturated heterocycles. The normalized spacial score (nSPS) is 16.2. The molecule has 3 nitrogen and oxygen atoms in total. The van der Waals surface area contributed by atoms with E-state index in [1.165, 1.54) is 6.42 Å². The van der Waals surface area contributed by atoms with Gasteiger partial charge in [-0.05, 0) is 49.5 Å². The van der Waals surface area contributed by atoms with Crippen molar-refractivity contribution in [2.45, 2.75) is 42.2 Å². The largest absolute Gasteiger partial charge is 0.293 e. The van der Waals surface area contributed by atoms with Crippen molar-refractivity contribution >= 4 is 15.6 Å². The van der Waals surface area contributed by atoms with Gasteiger partial charge in [0.1, 0.15) is 0 Å². The maximum atomic E-state index is 13.2. The Bertz CT molecular complexity index is 845. The summed E-state index contributed by atoms with van der Waals surface area (Å²) in [7, 11) is -3.80. The van der Waals surface area contributed by atoms with E-state index in [1.807, 2.05) is 6.07 Å². The Balaban J connectivity index is 2.03. The van der Waals surface area contributed by atoms with E-state index in [0.29, 0.717) is 5.56 Å². The molecule has 25 heavy (non-hydrogen) atoms. The van der Waals surface area contributed by atoms with Gasteiger partial charge >= 0.3 is 0 Å². The predicted molar refractivity (Wildman–Crippen MR) is 99.0 cm³/mol. The van der Waals surface area contributed by atoms with E-state index in [2.05, 4.69) is 0 Å². The standard InChI is InChI=1S/C21H22O3S/c22-20(16-17-10-4-1-5-11-17)21(18-12-6-2-7-13-18)25(23,24)19-14-8-3-9-15-19/h2-3,6-9,12-16,21H,1,4-5,10-11H2. The number of benzene rings is 2. The summed E-state index contributed by atoms with van der Waals surface area (Å²) in [6.07, 6.45) is 6.67. The molecule has 1 aliphatic rings. The summed E-state index contributed by atoms with van der Waals surface area (Å²) >= 11 is 0. The highest BCUT2D eigenvalue weighted by atomic mass is 32.2. The third-order valence-corrected chi connectivity index (χ3v) is 6.64. The number of ketones is 1. The minimum absolute atomic E-state index is 0.180. The second-order valence-electron chi connectivity index (χ2n) is 6.41. The molecule has 0 aliphatic heterocycles. The van der Waals surface area contributed by atoms with Crippen LogP contribution in [-0.4, -0.2) is 14.2 Å². The summed E-state index contributed by atoms with van der Waals surface area (Å²) in [6.45, 7) is 0. The molecule has 1 unspecified atom stereocenters. The average molecular weight is 354 g/mol. The zero-order valence-electron chi connectivity index (χ0n) is 14.1. The van der Waals surface area contributed by atoms with E-state index < -0.39 is 15.1 Å². The Morgan fingerprint density at radius 1 is 0.840 bits per heavy atom. The van der Waals surface area contributed by atoms with Crippen LogP contribution in [0.3, 0.4) is 0 Å². The lowest BCUT2D eigenvalue weighted by atomic mass is 9.93. The first kappa shape index (κ1) is 17.6. The molecular formula is C21H22O3S. The van der Waals surface area contributed by atoms with Crippen LogP contribution in [0.2, 0.25) is 0 Å². The van der Waals surface area contributed by atoms with Crippen molar-refractivity contribution in [1.29, 1.82) is 0 Å². The number of hydrogen-bond donors (Lipinski definition) is 0. The summed E-state index contributed by atoms with van der Waals surface area (Å²) in [6, 6.07) is 17.0. The van der Waals surface area contributed by atoms with Crippen molar-refractivity contribution < 1.29 is 13.2 Å². The number of allylic oxidation sites excluding steroid dienone is 2. The zero-order valence-corrected chi connectivity index (χ0v) is 14.9. The zero-order chi connectivity index (χ0) is 17.7. The molecule has 0 N–H and O–H groups in total. The maximum Gasteiger partial charge on any atom is 0.192 e. The van der Waals surface area contributed by atoms with Crippen LogP contribution < -0.4 is 0 Å². The van der Waals surface area contributed by atoms with Crippen LogP contribution >= 0.6 is 0 Å². The molecule has 1 saturated carbocycles. The molecule has 0 amide bonds. The molecule has 2 aromatic carbocycles. The van der Waals surface area contributed by atoms with Gasteiger partial charge in [0, 0.05) is 0 Å². The van der Waals surface area contributed by atoms with E-state index >= 15 is 0 Å². The van der Waals surface area contributed by atoms with Crippen LogP contribution in [0.5, 0.6) is 0 Å². The molecule has 4 heteroatoms. The van der Waals surface area contributed by atoms with Crippen LogP contribution in [0.25, 0.3) is 0 Å². The van der Waals surface area contributed by atoms with Gasteiger partial charge in [-0.2, -0.15) is 0 Å². The molecule has 1 atom stereocenters. The second kappa shape index (κ2) is 7.79. The van der Waals surface area contributed by atoms with Gasteiger partial charge in [0.2, 0.25) is 0 Å². The van der Waals surface area contributed by atoms with E-state index in [1.54, 1.807) is 60.7 Å². The van der Waals surface area contributed by atoms with Gasteiger partial charge in [0.25, 0.3) is 0 Å². The first-order chi connectivity index (χ1) is 12.1. The van der Waals surface area contributed by atoms with Crippen LogP contribution in [0.4, 0.5) is 0 Å². The van der Waals surface area contributed by atoms with Gasteiger partial charge in [0.15, 0.2) is 20.9 Å². The molecule has 2 aromatic rings. The smallest absolute Gasteiger partial charge is 0.192 e. The molecule has 1 aliphatic carbocycles. The van der Waals surface area contributed by atoms with Crippen LogP contribution in [0, 0.1) is 0 Å². The predicted octanol–water partition coefficient (Wildman–Crippen LogP) is 4.66. The number of rotatable bonds is 5.